The zero-order valence-electron chi connectivity index (χ0n) is 21.4. The first-order valence-corrected chi connectivity index (χ1v) is 12.5. The van der Waals surface area contributed by atoms with Gasteiger partial charge in [0.25, 0.3) is 5.91 Å². The van der Waals surface area contributed by atoms with Gasteiger partial charge in [0.1, 0.15) is 12.3 Å². The summed E-state index contributed by atoms with van der Waals surface area (Å²) in [6, 6.07) is 26.4. The summed E-state index contributed by atoms with van der Waals surface area (Å²) in [5.74, 6) is 0.797. The number of hydrogen-bond acceptors (Lipinski definition) is 4. The zero-order chi connectivity index (χ0) is 26.2. The van der Waals surface area contributed by atoms with Gasteiger partial charge in [0.05, 0.1) is 18.0 Å². The second-order valence-corrected chi connectivity index (χ2v) is 9.11. The van der Waals surface area contributed by atoms with Crippen molar-refractivity contribution in [3.63, 3.8) is 0 Å². The summed E-state index contributed by atoms with van der Waals surface area (Å²) < 4.78 is 7.50. The summed E-state index contributed by atoms with van der Waals surface area (Å²) in [7, 11) is 0. The average Bonchev–Trinajstić information content (AvgIpc) is 3.32. The Kier molecular flexibility index (Phi) is 8.36. The van der Waals surface area contributed by atoms with Gasteiger partial charge in [0.2, 0.25) is 11.9 Å². The van der Waals surface area contributed by atoms with Crippen molar-refractivity contribution in [2.24, 2.45) is 5.92 Å². The van der Waals surface area contributed by atoms with Crippen LogP contribution in [0.25, 0.3) is 16.9 Å². The minimum absolute atomic E-state index is 0.0849. The van der Waals surface area contributed by atoms with Crippen LogP contribution in [0.1, 0.15) is 31.1 Å². The maximum Gasteiger partial charge on any atom is 0.254 e. The molecule has 0 saturated carbocycles. The van der Waals surface area contributed by atoms with Gasteiger partial charge in [-0.05, 0) is 37.1 Å². The Hall–Kier alpha value is -4.39. The molecule has 2 amide bonds. The van der Waals surface area contributed by atoms with Crippen molar-refractivity contribution in [1.82, 2.24) is 14.5 Å². The van der Waals surface area contributed by atoms with Crippen LogP contribution in [-0.2, 0) is 4.79 Å². The number of nitrogens with zero attached hydrogens (tertiary/aromatic N) is 3. The summed E-state index contributed by atoms with van der Waals surface area (Å²) in [5, 5.41) is 2.94. The lowest BCUT2D eigenvalue weighted by Gasteiger charge is -2.24. The largest absolute Gasteiger partial charge is 0.494 e. The fourth-order valence-corrected chi connectivity index (χ4v) is 4.06. The van der Waals surface area contributed by atoms with Crippen LogP contribution in [-0.4, -0.2) is 46.0 Å². The maximum atomic E-state index is 13.3. The van der Waals surface area contributed by atoms with Crippen LogP contribution in [0.15, 0.2) is 91.1 Å². The molecule has 0 aliphatic carbocycles. The molecule has 37 heavy (non-hydrogen) atoms. The first-order chi connectivity index (χ1) is 17.9. The van der Waals surface area contributed by atoms with Crippen molar-refractivity contribution in [3.05, 3.63) is 96.7 Å². The van der Waals surface area contributed by atoms with Crippen LogP contribution >= 0.6 is 0 Å². The predicted octanol–water partition coefficient (Wildman–Crippen LogP) is 5.67. The summed E-state index contributed by atoms with van der Waals surface area (Å²) in [4.78, 5) is 32.7. The molecule has 0 saturated heterocycles. The number of hydrogen-bond donors (Lipinski definition) is 1. The topological polar surface area (TPSA) is 76.5 Å². The third kappa shape index (κ3) is 6.64. The van der Waals surface area contributed by atoms with E-state index in [4.69, 9.17) is 9.72 Å². The third-order valence-electron chi connectivity index (χ3n) is 5.66. The Balaban J connectivity index is 1.63. The first-order valence-electron chi connectivity index (χ1n) is 12.5. The normalized spacial score (nSPS) is 10.8. The van der Waals surface area contributed by atoms with Crippen molar-refractivity contribution in [2.75, 3.05) is 25.0 Å². The van der Waals surface area contributed by atoms with Gasteiger partial charge in [0.15, 0.2) is 0 Å². The highest BCUT2D eigenvalue weighted by atomic mass is 16.5. The van der Waals surface area contributed by atoms with E-state index in [9.17, 15) is 9.59 Å². The van der Waals surface area contributed by atoms with E-state index >= 15 is 0 Å². The number of carbonyl (C=O) groups excluding carboxylic acids is 2. The van der Waals surface area contributed by atoms with Crippen LogP contribution in [0, 0.1) is 5.92 Å². The van der Waals surface area contributed by atoms with E-state index in [1.807, 2.05) is 104 Å². The van der Waals surface area contributed by atoms with E-state index in [1.54, 1.807) is 17.0 Å². The van der Waals surface area contributed by atoms with Crippen LogP contribution in [0.2, 0.25) is 0 Å². The number of nitrogens with one attached hydrogen (secondary N) is 1. The summed E-state index contributed by atoms with van der Waals surface area (Å²) >= 11 is 0. The van der Waals surface area contributed by atoms with Gasteiger partial charge >= 0.3 is 0 Å². The van der Waals surface area contributed by atoms with E-state index in [2.05, 4.69) is 5.32 Å². The number of aromatic nitrogens is 2. The highest BCUT2D eigenvalue weighted by Crippen LogP contribution is 2.26. The van der Waals surface area contributed by atoms with Gasteiger partial charge < -0.3 is 9.64 Å². The van der Waals surface area contributed by atoms with E-state index in [-0.39, 0.29) is 24.3 Å². The number of ether oxygens (including phenoxy) is 1. The average molecular weight is 497 g/mol. The van der Waals surface area contributed by atoms with Crippen LogP contribution in [0.5, 0.6) is 5.75 Å². The number of benzene rings is 3. The van der Waals surface area contributed by atoms with Gasteiger partial charge in [-0.2, -0.15) is 0 Å². The van der Waals surface area contributed by atoms with E-state index in [1.165, 1.54) is 0 Å². The molecular weight excluding hydrogens is 464 g/mol. The molecule has 0 spiro atoms. The molecule has 0 bridgehead atoms. The molecule has 0 atom stereocenters. The minimum atomic E-state index is -0.322. The Labute approximate surface area is 217 Å². The van der Waals surface area contributed by atoms with Crippen LogP contribution in [0.3, 0.4) is 0 Å². The molecule has 190 valence electrons. The molecule has 3 aromatic carbocycles. The monoisotopic (exact) mass is 496 g/mol. The Bertz CT molecular complexity index is 1330. The molecule has 4 aromatic rings. The molecule has 7 heteroatoms. The lowest BCUT2D eigenvalue weighted by molar-refractivity contribution is -0.117. The number of anilines is 1. The third-order valence-corrected chi connectivity index (χ3v) is 5.66. The molecule has 0 radical (unpaired) electrons. The summed E-state index contributed by atoms with van der Waals surface area (Å²) in [6.07, 6.45) is 1.89. The van der Waals surface area contributed by atoms with Crippen molar-refractivity contribution in [3.8, 4) is 22.7 Å². The minimum Gasteiger partial charge on any atom is -0.494 e. The molecule has 1 N–H and O–H groups in total. The number of carbonyl (C=O) groups is 2. The fourth-order valence-electron chi connectivity index (χ4n) is 4.06. The second kappa shape index (κ2) is 12.0. The lowest BCUT2D eigenvalue weighted by Crippen LogP contribution is -2.40. The van der Waals surface area contributed by atoms with Crippen molar-refractivity contribution < 1.29 is 14.3 Å². The van der Waals surface area contributed by atoms with Gasteiger partial charge in [-0.15, -0.1) is 0 Å². The van der Waals surface area contributed by atoms with Gasteiger partial charge in [0, 0.05) is 29.9 Å². The number of amides is 2. The molecule has 1 aromatic heterocycles. The van der Waals surface area contributed by atoms with Gasteiger partial charge in [-0.25, -0.2) is 4.98 Å². The zero-order valence-corrected chi connectivity index (χ0v) is 21.4. The highest BCUT2D eigenvalue weighted by molar-refractivity contribution is 5.99. The molecule has 0 aliphatic rings. The van der Waals surface area contributed by atoms with Crippen LogP contribution in [0.4, 0.5) is 5.95 Å². The first kappa shape index (κ1) is 25.7. The molecule has 7 nitrogen and oxygen atoms in total. The molecule has 1 heterocycles. The molecule has 0 fully saturated rings. The van der Waals surface area contributed by atoms with E-state index in [0.717, 1.165) is 22.7 Å². The Morgan fingerprint density at radius 1 is 0.973 bits per heavy atom. The quantitative estimate of drug-likeness (QED) is 0.307. The Morgan fingerprint density at radius 2 is 1.68 bits per heavy atom. The standard InChI is InChI=1S/C30H32N4O3/c1-4-37-26-17-11-16-25(18-26)34-20-27(23-12-7-5-8-13-23)31-30(34)32-28(35)21-33(19-22(2)3)29(36)24-14-9-6-10-15-24/h5-18,20,22H,4,19,21H2,1-3H3,(H,31,32,35). The van der Waals surface area contributed by atoms with Gasteiger partial charge in [-0.1, -0.05) is 68.4 Å². The molecule has 0 unspecified atom stereocenters. The SMILES string of the molecule is CCOc1cccc(-n2cc(-c3ccccc3)nc2NC(=O)CN(CC(C)C)C(=O)c2ccccc2)c1. The van der Waals surface area contributed by atoms with Crippen molar-refractivity contribution in [2.45, 2.75) is 20.8 Å². The number of rotatable bonds is 10. The highest BCUT2D eigenvalue weighted by Gasteiger charge is 2.21. The molecular formula is C30H32N4O3. The predicted molar refractivity (Wildman–Crippen MR) is 146 cm³/mol. The van der Waals surface area contributed by atoms with Gasteiger partial charge in [-0.3, -0.25) is 19.5 Å². The fraction of sp³-hybridized carbons (Fsp3) is 0.233. The molecule has 0 aliphatic heterocycles. The maximum absolute atomic E-state index is 13.3. The van der Waals surface area contributed by atoms with E-state index in [0.29, 0.717) is 24.7 Å². The summed E-state index contributed by atoms with van der Waals surface area (Å²) in [6.45, 7) is 6.90. The second-order valence-electron chi connectivity index (χ2n) is 9.11. The smallest absolute Gasteiger partial charge is 0.254 e. The molecule has 4 rings (SSSR count). The van der Waals surface area contributed by atoms with Crippen molar-refractivity contribution >= 4 is 17.8 Å². The van der Waals surface area contributed by atoms with Crippen LogP contribution < -0.4 is 10.1 Å². The van der Waals surface area contributed by atoms with Crippen molar-refractivity contribution in [1.29, 1.82) is 0 Å². The summed E-state index contributed by atoms with van der Waals surface area (Å²) in [5.41, 5.74) is 3.00. The number of imidazole rings is 1. The Morgan fingerprint density at radius 3 is 2.35 bits per heavy atom. The van der Waals surface area contributed by atoms with E-state index < -0.39 is 0 Å². The lowest BCUT2D eigenvalue weighted by atomic mass is 10.1.